The first kappa shape index (κ1) is 14.2. The van der Waals surface area contributed by atoms with Gasteiger partial charge in [-0.2, -0.15) is 0 Å². The van der Waals surface area contributed by atoms with Gasteiger partial charge in [0.05, 0.1) is 17.2 Å². The zero-order chi connectivity index (χ0) is 14.8. The Kier molecular flexibility index (Phi) is 4.03. The number of hydrogen-bond donors (Lipinski definition) is 0. The second-order valence-corrected chi connectivity index (χ2v) is 6.67. The average molecular weight is 301 g/mol. The number of aromatic nitrogens is 1. The van der Waals surface area contributed by atoms with Gasteiger partial charge in [-0.25, -0.2) is 4.98 Å². The van der Waals surface area contributed by atoms with Gasteiger partial charge < -0.3 is 9.80 Å². The molecule has 0 N–H and O–H groups in total. The number of benzene rings is 1. The van der Waals surface area contributed by atoms with Gasteiger partial charge in [-0.3, -0.25) is 4.79 Å². The second kappa shape index (κ2) is 5.95. The molecule has 0 radical (unpaired) electrons. The van der Waals surface area contributed by atoms with Crippen LogP contribution in [0.2, 0.25) is 0 Å². The molecule has 21 heavy (non-hydrogen) atoms. The maximum absolute atomic E-state index is 12.8. The molecule has 2 heterocycles. The SMILES string of the molecule is Cc1ncc(C(=O)N2CCN(C)C[C@@H]2c2ccccc2)s1. The molecule has 1 saturated heterocycles. The quantitative estimate of drug-likeness (QED) is 0.855. The Morgan fingerprint density at radius 1 is 1.29 bits per heavy atom. The largest absolute Gasteiger partial charge is 0.328 e. The Labute approximate surface area is 129 Å². The Bertz CT molecular complexity index is 625. The molecule has 0 saturated carbocycles. The van der Waals surface area contributed by atoms with Crippen molar-refractivity contribution in [3.63, 3.8) is 0 Å². The van der Waals surface area contributed by atoms with Crippen LogP contribution in [0.4, 0.5) is 0 Å². The Morgan fingerprint density at radius 2 is 2.05 bits per heavy atom. The van der Waals surface area contributed by atoms with E-state index in [1.54, 1.807) is 6.20 Å². The molecule has 0 aliphatic carbocycles. The lowest BCUT2D eigenvalue weighted by Crippen LogP contribution is -2.49. The number of nitrogens with zero attached hydrogens (tertiary/aromatic N) is 3. The molecule has 1 aliphatic rings. The highest BCUT2D eigenvalue weighted by Gasteiger charge is 2.31. The van der Waals surface area contributed by atoms with Crippen molar-refractivity contribution in [2.75, 3.05) is 26.7 Å². The van der Waals surface area contributed by atoms with Crippen LogP contribution in [0.25, 0.3) is 0 Å². The highest BCUT2D eigenvalue weighted by atomic mass is 32.1. The van der Waals surface area contributed by atoms with E-state index in [4.69, 9.17) is 0 Å². The lowest BCUT2D eigenvalue weighted by molar-refractivity contribution is 0.0502. The fourth-order valence-corrected chi connectivity index (χ4v) is 3.46. The van der Waals surface area contributed by atoms with E-state index in [0.29, 0.717) is 0 Å². The fraction of sp³-hybridized carbons (Fsp3) is 0.375. The van der Waals surface area contributed by atoms with Crippen molar-refractivity contribution in [3.8, 4) is 0 Å². The van der Waals surface area contributed by atoms with E-state index in [1.807, 2.05) is 30.0 Å². The van der Waals surface area contributed by atoms with Crippen molar-refractivity contribution < 1.29 is 4.79 Å². The summed E-state index contributed by atoms with van der Waals surface area (Å²) in [5, 5.41) is 0.934. The number of thiazole rings is 1. The van der Waals surface area contributed by atoms with Crippen LogP contribution in [-0.2, 0) is 0 Å². The van der Waals surface area contributed by atoms with Crippen molar-refractivity contribution in [3.05, 3.63) is 52.0 Å². The molecule has 5 heteroatoms. The van der Waals surface area contributed by atoms with Crippen LogP contribution in [0, 0.1) is 6.92 Å². The molecule has 1 aromatic heterocycles. The first-order valence-corrected chi connectivity index (χ1v) is 7.93. The van der Waals surface area contributed by atoms with E-state index in [-0.39, 0.29) is 11.9 Å². The van der Waals surface area contributed by atoms with Crippen LogP contribution >= 0.6 is 11.3 Å². The van der Waals surface area contributed by atoms with Gasteiger partial charge >= 0.3 is 0 Å². The zero-order valence-corrected chi connectivity index (χ0v) is 13.1. The van der Waals surface area contributed by atoms with Crippen molar-refractivity contribution in [1.82, 2.24) is 14.8 Å². The topological polar surface area (TPSA) is 36.4 Å². The third-order valence-electron chi connectivity index (χ3n) is 3.86. The monoisotopic (exact) mass is 301 g/mol. The molecule has 3 rings (SSSR count). The van der Waals surface area contributed by atoms with Crippen molar-refractivity contribution in [2.45, 2.75) is 13.0 Å². The molecule has 2 aromatic rings. The summed E-state index contributed by atoms with van der Waals surface area (Å²) in [5.41, 5.74) is 1.19. The van der Waals surface area contributed by atoms with E-state index >= 15 is 0 Å². The summed E-state index contributed by atoms with van der Waals surface area (Å²) in [7, 11) is 2.11. The lowest BCUT2D eigenvalue weighted by atomic mass is 10.0. The predicted octanol–water partition coefficient (Wildman–Crippen LogP) is 2.58. The summed E-state index contributed by atoms with van der Waals surface area (Å²) in [6, 6.07) is 10.4. The molecular weight excluding hydrogens is 282 g/mol. The smallest absolute Gasteiger partial charge is 0.266 e. The van der Waals surface area contributed by atoms with Crippen LogP contribution in [-0.4, -0.2) is 47.4 Å². The van der Waals surface area contributed by atoms with Crippen LogP contribution in [0.5, 0.6) is 0 Å². The molecule has 0 bridgehead atoms. The van der Waals surface area contributed by atoms with Crippen LogP contribution < -0.4 is 0 Å². The number of carbonyl (C=O) groups excluding carboxylic acids is 1. The number of amides is 1. The molecular formula is C16H19N3OS. The Hall–Kier alpha value is -1.72. The highest BCUT2D eigenvalue weighted by molar-refractivity contribution is 7.13. The Morgan fingerprint density at radius 3 is 2.71 bits per heavy atom. The third-order valence-corrected chi connectivity index (χ3v) is 4.76. The van der Waals surface area contributed by atoms with Gasteiger partial charge in [0, 0.05) is 19.6 Å². The van der Waals surface area contributed by atoms with E-state index in [9.17, 15) is 4.79 Å². The number of carbonyl (C=O) groups is 1. The van der Waals surface area contributed by atoms with E-state index in [0.717, 1.165) is 29.5 Å². The first-order valence-electron chi connectivity index (χ1n) is 7.12. The number of piperazine rings is 1. The van der Waals surface area contributed by atoms with Crippen LogP contribution in [0.15, 0.2) is 36.5 Å². The van der Waals surface area contributed by atoms with Gasteiger partial charge in [-0.05, 0) is 19.5 Å². The fourth-order valence-electron chi connectivity index (χ4n) is 2.72. The van der Waals surface area contributed by atoms with Crippen molar-refractivity contribution >= 4 is 17.2 Å². The molecule has 1 aromatic carbocycles. The number of rotatable bonds is 2. The summed E-state index contributed by atoms with van der Waals surface area (Å²) < 4.78 is 0. The summed E-state index contributed by atoms with van der Waals surface area (Å²) >= 11 is 1.47. The number of aryl methyl sites for hydroxylation is 1. The lowest BCUT2D eigenvalue weighted by Gasteiger charge is -2.40. The third kappa shape index (κ3) is 2.99. The predicted molar refractivity (Wildman–Crippen MR) is 84.6 cm³/mol. The average Bonchev–Trinajstić information content (AvgIpc) is 2.94. The van der Waals surface area contributed by atoms with E-state index < -0.39 is 0 Å². The molecule has 1 aliphatic heterocycles. The van der Waals surface area contributed by atoms with Crippen LogP contribution in [0.3, 0.4) is 0 Å². The zero-order valence-electron chi connectivity index (χ0n) is 12.3. The van der Waals surface area contributed by atoms with Gasteiger partial charge in [0.25, 0.3) is 5.91 Å². The molecule has 1 atom stereocenters. The molecule has 1 amide bonds. The van der Waals surface area contributed by atoms with Crippen molar-refractivity contribution in [1.29, 1.82) is 0 Å². The highest BCUT2D eigenvalue weighted by Crippen LogP contribution is 2.27. The van der Waals surface area contributed by atoms with Crippen LogP contribution in [0.1, 0.15) is 26.3 Å². The first-order chi connectivity index (χ1) is 10.1. The standard InChI is InChI=1S/C16H19N3OS/c1-12-17-10-15(21-12)16(20)19-9-8-18(2)11-14(19)13-6-4-3-5-7-13/h3-7,10,14H,8-9,11H2,1-2H3/t14-/m1/s1. The number of likely N-dealkylation sites (N-methyl/N-ethyl adjacent to an activating group) is 1. The maximum atomic E-state index is 12.8. The van der Waals surface area contributed by atoms with Gasteiger partial charge in [0.1, 0.15) is 4.88 Å². The summed E-state index contributed by atoms with van der Waals surface area (Å²) in [4.78, 5) is 22.0. The summed E-state index contributed by atoms with van der Waals surface area (Å²) in [5.74, 6) is 0.0996. The number of hydrogen-bond acceptors (Lipinski definition) is 4. The minimum Gasteiger partial charge on any atom is -0.328 e. The molecule has 1 fully saturated rings. The maximum Gasteiger partial charge on any atom is 0.266 e. The van der Waals surface area contributed by atoms with E-state index in [2.05, 4.69) is 29.1 Å². The molecule has 4 nitrogen and oxygen atoms in total. The van der Waals surface area contributed by atoms with Gasteiger partial charge in [-0.15, -0.1) is 11.3 Å². The molecule has 0 unspecified atom stereocenters. The minimum absolute atomic E-state index is 0.0996. The van der Waals surface area contributed by atoms with Gasteiger partial charge in [0.15, 0.2) is 0 Å². The molecule has 0 spiro atoms. The molecule has 110 valence electrons. The summed E-state index contributed by atoms with van der Waals surface area (Å²) in [6.07, 6.45) is 1.70. The normalized spacial score (nSPS) is 19.7. The second-order valence-electron chi connectivity index (χ2n) is 5.43. The van der Waals surface area contributed by atoms with Gasteiger partial charge in [-0.1, -0.05) is 30.3 Å². The van der Waals surface area contributed by atoms with Gasteiger partial charge in [0.2, 0.25) is 0 Å². The Balaban J connectivity index is 1.89. The summed E-state index contributed by atoms with van der Waals surface area (Å²) in [6.45, 7) is 4.46. The minimum atomic E-state index is 0.0996. The van der Waals surface area contributed by atoms with E-state index in [1.165, 1.54) is 16.9 Å². The van der Waals surface area contributed by atoms with Crippen molar-refractivity contribution in [2.24, 2.45) is 0 Å².